The van der Waals surface area contributed by atoms with Crippen molar-refractivity contribution in [2.75, 3.05) is 0 Å². The summed E-state index contributed by atoms with van der Waals surface area (Å²) in [5.41, 5.74) is 7.04. The van der Waals surface area contributed by atoms with Crippen LogP contribution in [0, 0.1) is 12.8 Å². The first-order chi connectivity index (χ1) is 9.58. The molecule has 106 valence electrons. The van der Waals surface area contributed by atoms with Crippen LogP contribution in [0.1, 0.15) is 30.2 Å². The largest absolute Gasteiger partial charge is 0.348 e. The van der Waals surface area contributed by atoms with E-state index in [1.807, 2.05) is 30.3 Å². The number of benzene rings is 1. The summed E-state index contributed by atoms with van der Waals surface area (Å²) in [6, 6.07) is 9.21. The number of rotatable bonds is 5. The number of carbonyl (C=O) groups excluding carboxylic acids is 1. The fourth-order valence-electron chi connectivity index (χ4n) is 1.87. The highest BCUT2D eigenvalue weighted by Crippen LogP contribution is 2.19. The Hall–Kier alpha value is -2.21. The molecule has 2 aromatic rings. The molecule has 2 atom stereocenters. The lowest BCUT2D eigenvalue weighted by atomic mass is 9.95. The van der Waals surface area contributed by atoms with E-state index in [1.54, 1.807) is 13.8 Å². The second-order valence-corrected chi connectivity index (χ2v) is 4.67. The van der Waals surface area contributed by atoms with E-state index in [2.05, 4.69) is 15.5 Å². The number of amides is 1. The molecule has 1 aromatic carbocycles. The number of aryl methyl sites for hydroxylation is 1. The first-order valence-electron chi connectivity index (χ1n) is 6.45. The minimum atomic E-state index is -0.344. The summed E-state index contributed by atoms with van der Waals surface area (Å²) in [6.45, 7) is 3.74. The molecule has 2 unspecified atom stereocenters. The van der Waals surface area contributed by atoms with Gasteiger partial charge in [-0.2, -0.15) is 4.98 Å². The Morgan fingerprint density at radius 1 is 1.40 bits per heavy atom. The third-order valence-electron chi connectivity index (χ3n) is 3.13. The zero-order valence-corrected chi connectivity index (χ0v) is 11.5. The minimum absolute atomic E-state index is 0.135. The molecule has 0 bridgehead atoms. The quantitative estimate of drug-likeness (QED) is 0.857. The van der Waals surface area contributed by atoms with Crippen molar-refractivity contribution in [1.82, 2.24) is 15.5 Å². The van der Waals surface area contributed by atoms with Crippen LogP contribution in [0.2, 0.25) is 0 Å². The second-order valence-electron chi connectivity index (χ2n) is 4.67. The van der Waals surface area contributed by atoms with Crippen LogP contribution in [0.15, 0.2) is 34.9 Å². The Balaban J connectivity index is 1.91. The van der Waals surface area contributed by atoms with Gasteiger partial charge in [0.2, 0.25) is 11.8 Å². The van der Waals surface area contributed by atoms with Crippen molar-refractivity contribution < 1.29 is 9.32 Å². The third kappa shape index (κ3) is 3.42. The molecule has 6 nitrogen and oxygen atoms in total. The minimum Gasteiger partial charge on any atom is -0.348 e. The van der Waals surface area contributed by atoms with Crippen molar-refractivity contribution in [3.63, 3.8) is 0 Å². The number of hydrogen-bond donors (Lipinski definition) is 2. The average Bonchev–Trinajstić information content (AvgIpc) is 2.89. The highest BCUT2D eigenvalue weighted by atomic mass is 16.5. The van der Waals surface area contributed by atoms with Gasteiger partial charge in [0.05, 0.1) is 12.5 Å². The lowest BCUT2D eigenvalue weighted by Crippen LogP contribution is -2.35. The molecule has 1 amide bonds. The molecule has 2 rings (SSSR count). The van der Waals surface area contributed by atoms with Gasteiger partial charge in [-0.05, 0) is 5.56 Å². The summed E-state index contributed by atoms with van der Waals surface area (Å²) < 4.78 is 4.84. The summed E-state index contributed by atoms with van der Waals surface area (Å²) >= 11 is 0. The van der Waals surface area contributed by atoms with Gasteiger partial charge in [-0.25, -0.2) is 0 Å². The fourth-order valence-corrected chi connectivity index (χ4v) is 1.87. The van der Waals surface area contributed by atoms with E-state index < -0.39 is 0 Å². The highest BCUT2D eigenvalue weighted by Gasteiger charge is 2.22. The molecule has 0 aliphatic rings. The van der Waals surface area contributed by atoms with Crippen LogP contribution < -0.4 is 11.1 Å². The Morgan fingerprint density at radius 3 is 2.70 bits per heavy atom. The number of hydrogen-bond acceptors (Lipinski definition) is 5. The fraction of sp³-hybridized carbons (Fsp3) is 0.357. The monoisotopic (exact) mass is 274 g/mol. The molecule has 6 heteroatoms. The standard InChI is InChI=1S/C14H18N4O2/c1-9(13(15)11-6-4-3-5-7-11)14(19)16-8-12-17-10(2)20-18-12/h3-7,9,13H,8,15H2,1-2H3,(H,16,19). The average molecular weight is 274 g/mol. The highest BCUT2D eigenvalue weighted by molar-refractivity contribution is 5.79. The molecule has 1 aromatic heterocycles. The van der Waals surface area contributed by atoms with Crippen molar-refractivity contribution in [3.05, 3.63) is 47.6 Å². The molecule has 0 saturated heterocycles. The van der Waals surface area contributed by atoms with Gasteiger partial charge < -0.3 is 15.6 Å². The van der Waals surface area contributed by atoms with Crippen LogP contribution in [0.4, 0.5) is 0 Å². The van der Waals surface area contributed by atoms with E-state index in [9.17, 15) is 4.79 Å². The maximum Gasteiger partial charge on any atom is 0.225 e. The zero-order chi connectivity index (χ0) is 14.5. The summed E-state index contributed by atoms with van der Waals surface area (Å²) in [5.74, 6) is 0.453. The zero-order valence-electron chi connectivity index (χ0n) is 11.5. The van der Waals surface area contributed by atoms with Crippen LogP contribution >= 0.6 is 0 Å². The van der Waals surface area contributed by atoms with Crippen LogP contribution in [0.5, 0.6) is 0 Å². The molecule has 0 radical (unpaired) electrons. The first-order valence-corrected chi connectivity index (χ1v) is 6.45. The van der Waals surface area contributed by atoms with E-state index in [-0.39, 0.29) is 24.4 Å². The topological polar surface area (TPSA) is 94.0 Å². The normalized spacial score (nSPS) is 13.8. The summed E-state index contributed by atoms with van der Waals surface area (Å²) in [6.07, 6.45) is 0. The molecular formula is C14H18N4O2. The van der Waals surface area contributed by atoms with Crippen molar-refractivity contribution in [1.29, 1.82) is 0 Å². The number of aromatic nitrogens is 2. The molecule has 0 aliphatic carbocycles. The summed E-state index contributed by atoms with van der Waals surface area (Å²) in [7, 11) is 0. The molecule has 0 saturated carbocycles. The Bertz CT molecular complexity index is 568. The van der Waals surface area contributed by atoms with E-state index in [0.29, 0.717) is 11.7 Å². The first kappa shape index (κ1) is 14.2. The van der Waals surface area contributed by atoms with Crippen molar-refractivity contribution >= 4 is 5.91 Å². The number of nitrogens with one attached hydrogen (secondary N) is 1. The van der Waals surface area contributed by atoms with E-state index in [1.165, 1.54) is 0 Å². The Kier molecular flexibility index (Phi) is 4.47. The molecular weight excluding hydrogens is 256 g/mol. The number of carbonyl (C=O) groups is 1. The molecule has 1 heterocycles. The van der Waals surface area contributed by atoms with Gasteiger partial charge >= 0.3 is 0 Å². The number of nitrogens with two attached hydrogens (primary N) is 1. The van der Waals surface area contributed by atoms with E-state index in [4.69, 9.17) is 10.3 Å². The summed E-state index contributed by atoms with van der Waals surface area (Å²) in [5, 5.41) is 6.48. The van der Waals surface area contributed by atoms with Gasteiger partial charge in [0.25, 0.3) is 0 Å². The summed E-state index contributed by atoms with van der Waals surface area (Å²) in [4.78, 5) is 16.1. The van der Waals surface area contributed by atoms with Gasteiger partial charge in [-0.1, -0.05) is 42.4 Å². The predicted octanol–water partition coefficient (Wildman–Crippen LogP) is 1.33. The van der Waals surface area contributed by atoms with Crippen molar-refractivity contribution in [2.24, 2.45) is 11.7 Å². The van der Waals surface area contributed by atoms with Crippen molar-refractivity contribution in [3.8, 4) is 0 Å². The molecule has 0 fully saturated rings. The van der Waals surface area contributed by atoms with Crippen LogP contribution in [0.25, 0.3) is 0 Å². The molecule has 0 spiro atoms. The van der Waals surface area contributed by atoms with Gasteiger partial charge in [-0.3, -0.25) is 4.79 Å². The number of nitrogens with zero attached hydrogens (tertiary/aromatic N) is 2. The van der Waals surface area contributed by atoms with E-state index in [0.717, 1.165) is 5.56 Å². The lowest BCUT2D eigenvalue weighted by Gasteiger charge is -2.19. The third-order valence-corrected chi connectivity index (χ3v) is 3.13. The van der Waals surface area contributed by atoms with Crippen LogP contribution in [-0.2, 0) is 11.3 Å². The molecule has 3 N–H and O–H groups in total. The maximum atomic E-state index is 12.1. The van der Waals surface area contributed by atoms with Crippen LogP contribution in [-0.4, -0.2) is 16.0 Å². The van der Waals surface area contributed by atoms with Crippen molar-refractivity contribution in [2.45, 2.75) is 26.4 Å². The molecule has 0 aliphatic heterocycles. The smallest absolute Gasteiger partial charge is 0.225 e. The van der Waals surface area contributed by atoms with Gasteiger partial charge in [0, 0.05) is 13.0 Å². The maximum absolute atomic E-state index is 12.1. The molecule has 20 heavy (non-hydrogen) atoms. The van der Waals surface area contributed by atoms with Gasteiger partial charge in [-0.15, -0.1) is 0 Å². The Labute approximate surface area is 117 Å². The lowest BCUT2D eigenvalue weighted by molar-refractivity contribution is -0.125. The van der Waals surface area contributed by atoms with Gasteiger partial charge in [0.15, 0.2) is 5.82 Å². The predicted molar refractivity (Wildman–Crippen MR) is 73.4 cm³/mol. The van der Waals surface area contributed by atoms with Gasteiger partial charge in [0.1, 0.15) is 0 Å². The van der Waals surface area contributed by atoms with Crippen LogP contribution in [0.3, 0.4) is 0 Å². The van der Waals surface area contributed by atoms with E-state index >= 15 is 0 Å². The second kappa shape index (κ2) is 6.29. The Morgan fingerprint density at radius 2 is 2.10 bits per heavy atom. The SMILES string of the molecule is Cc1nc(CNC(=O)C(C)C(N)c2ccccc2)no1.